The van der Waals surface area contributed by atoms with Crippen molar-refractivity contribution in [3.8, 4) is 0 Å². The Balaban J connectivity index is 1.82. The highest BCUT2D eigenvalue weighted by Crippen LogP contribution is 2.30. The van der Waals surface area contributed by atoms with E-state index in [0.29, 0.717) is 0 Å². The molecular weight excluding hydrogens is 242 g/mol. The lowest BCUT2D eigenvalue weighted by molar-refractivity contribution is 0.257. The van der Waals surface area contributed by atoms with Crippen LogP contribution in [0.3, 0.4) is 0 Å². The molecule has 3 nitrogen and oxygen atoms in total. The molecule has 0 atom stereocenters. The van der Waals surface area contributed by atoms with Crippen molar-refractivity contribution in [3.05, 3.63) is 11.1 Å². The maximum Gasteiger partial charge on any atom is 0.182 e. The third-order valence-corrected chi connectivity index (χ3v) is 4.15. The highest BCUT2D eigenvalue weighted by molar-refractivity contribution is 7.15. The van der Waals surface area contributed by atoms with Gasteiger partial charge < -0.3 is 5.32 Å². The molecule has 1 heterocycles. The van der Waals surface area contributed by atoms with Crippen LogP contribution in [0.2, 0.25) is 0 Å². The van der Waals surface area contributed by atoms with E-state index in [-0.39, 0.29) is 0 Å². The summed E-state index contributed by atoms with van der Waals surface area (Å²) in [4.78, 5) is 8.43. The molecule has 18 heavy (non-hydrogen) atoms. The fourth-order valence-electron chi connectivity index (χ4n) is 2.13. The molecule has 0 aromatic carbocycles. The zero-order valence-electron chi connectivity index (χ0n) is 11.6. The molecule has 2 rings (SSSR count). The summed E-state index contributed by atoms with van der Waals surface area (Å²) < 4.78 is 0. The van der Waals surface area contributed by atoms with Gasteiger partial charge in [-0.15, -0.1) is 11.3 Å². The zero-order chi connectivity index (χ0) is 12.8. The zero-order valence-corrected chi connectivity index (χ0v) is 12.4. The molecule has 0 unspecified atom stereocenters. The van der Waals surface area contributed by atoms with E-state index in [9.17, 15) is 0 Å². The molecule has 1 aromatic rings. The molecule has 102 valence electrons. The molecule has 0 radical (unpaired) electrons. The topological polar surface area (TPSA) is 28.2 Å². The van der Waals surface area contributed by atoms with Crippen molar-refractivity contribution in [2.45, 2.75) is 46.1 Å². The summed E-state index contributed by atoms with van der Waals surface area (Å²) in [6.45, 7) is 9.04. The molecule has 1 N–H and O–H groups in total. The SMILES string of the molecule is CCCNc1ncc(CN(CCC)CC2CC2)s1. The van der Waals surface area contributed by atoms with Crippen molar-refractivity contribution >= 4 is 16.5 Å². The normalized spacial score (nSPS) is 15.3. The fourth-order valence-corrected chi connectivity index (χ4v) is 3.01. The maximum atomic E-state index is 4.44. The molecule has 1 aliphatic rings. The lowest BCUT2D eigenvalue weighted by atomic mass is 10.3. The summed E-state index contributed by atoms with van der Waals surface area (Å²) in [7, 11) is 0. The number of hydrogen-bond acceptors (Lipinski definition) is 4. The molecular formula is C14H25N3S. The van der Waals surface area contributed by atoms with E-state index in [1.54, 1.807) is 0 Å². The van der Waals surface area contributed by atoms with Crippen molar-refractivity contribution < 1.29 is 0 Å². The first kappa shape index (κ1) is 13.8. The summed E-state index contributed by atoms with van der Waals surface area (Å²) in [5.74, 6) is 0.974. The van der Waals surface area contributed by atoms with E-state index in [2.05, 4.69) is 29.0 Å². The second kappa shape index (κ2) is 7.10. The van der Waals surface area contributed by atoms with E-state index in [1.807, 2.05) is 17.5 Å². The summed E-state index contributed by atoms with van der Waals surface area (Å²) in [5.41, 5.74) is 0. The van der Waals surface area contributed by atoms with Crippen molar-refractivity contribution in [2.24, 2.45) is 5.92 Å². The van der Waals surface area contributed by atoms with E-state index in [4.69, 9.17) is 0 Å². The Morgan fingerprint density at radius 3 is 2.89 bits per heavy atom. The quantitative estimate of drug-likeness (QED) is 0.741. The number of nitrogens with zero attached hydrogens (tertiary/aromatic N) is 2. The van der Waals surface area contributed by atoms with Crippen LogP contribution in [0.4, 0.5) is 5.13 Å². The Morgan fingerprint density at radius 2 is 2.22 bits per heavy atom. The number of thiazole rings is 1. The van der Waals surface area contributed by atoms with Gasteiger partial charge in [0.1, 0.15) is 0 Å². The number of anilines is 1. The van der Waals surface area contributed by atoms with Crippen LogP contribution < -0.4 is 5.32 Å². The minimum absolute atomic E-state index is 0.974. The third kappa shape index (κ3) is 4.58. The van der Waals surface area contributed by atoms with Gasteiger partial charge in [-0.2, -0.15) is 0 Å². The van der Waals surface area contributed by atoms with Crippen LogP contribution in [0.15, 0.2) is 6.20 Å². The lowest BCUT2D eigenvalue weighted by Gasteiger charge is -2.20. The first-order valence-corrected chi connectivity index (χ1v) is 8.04. The van der Waals surface area contributed by atoms with Gasteiger partial charge in [0.15, 0.2) is 5.13 Å². The first-order valence-electron chi connectivity index (χ1n) is 7.22. The molecule has 1 fully saturated rings. The molecule has 0 spiro atoms. The van der Waals surface area contributed by atoms with Crippen LogP contribution in [-0.2, 0) is 6.54 Å². The van der Waals surface area contributed by atoms with E-state index in [0.717, 1.165) is 30.6 Å². The minimum atomic E-state index is 0.974. The van der Waals surface area contributed by atoms with Gasteiger partial charge in [0.2, 0.25) is 0 Å². The van der Waals surface area contributed by atoms with Gasteiger partial charge in [-0.1, -0.05) is 13.8 Å². The Morgan fingerprint density at radius 1 is 1.39 bits per heavy atom. The maximum absolute atomic E-state index is 4.44. The van der Waals surface area contributed by atoms with Gasteiger partial charge in [0.25, 0.3) is 0 Å². The number of rotatable bonds is 9. The summed E-state index contributed by atoms with van der Waals surface area (Å²) in [6.07, 6.45) is 7.31. The predicted octanol–water partition coefficient (Wildman–Crippen LogP) is 3.59. The molecule has 0 bridgehead atoms. The van der Waals surface area contributed by atoms with Gasteiger partial charge in [-0.3, -0.25) is 4.90 Å². The van der Waals surface area contributed by atoms with E-state index in [1.165, 1.54) is 37.2 Å². The second-order valence-corrected chi connectivity index (χ2v) is 6.35. The van der Waals surface area contributed by atoms with Crippen LogP contribution in [0.5, 0.6) is 0 Å². The molecule has 0 aliphatic heterocycles. The second-order valence-electron chi connectivity index (χ2n) is 5.24. The Kier molecular flexibility index (Phi) is 5.45. The Bertz CT molecular complexity index is 347. The Hall–Kier alpha value is -0.610. The highest BCUT2D eigenvalue weighted by Gasteiger charge is 2.24. The van der Waals surface area contributed by atoms with E-state index < -0.39 is 0 Å². The fraction of sp³-hybridized carbons (Fsp3) is 0.786. The van der Waals surface area contributed by atoms with E-state index >= 15 is 0 Å². The average Bonchev–Trinajstić information content (AvgIpc) is 3.05. The Labute approximate surface area is 115 Å². The van der Waals surface area contributed by atoms with Crippen molar-refractivity contribution in [1.29, 1.82) is 0 Å². The van der Waals surface area contributed by atoms with Gasteiger partial charge in [0, 0.05) is 30.7 Å². The first-order chi connectivity index (χ1) is 8.81. The van der Waals surface area contributed by atoms with Crippen LogP contribution in [-0.4, -0.2) is 29.5 Å². The van der Waals surface area contributed by atoms with Crippen LogP contribution >= 0.6 is 11.3 Å². The monoisotopic (exact) mass is 267 g/mol. The lowest BCUT2D eigenvalue weighted by Crippen LogP contribution is -2.25. The van der Waals surface area contributed by atoms with Gasteiger partial charge in [-0.05, 0) is 38.1 Å². The number of nitrogens with one attached hydrogen (secondary N) is 1. The summed E-state index contributed by atoms with van der Waals surface area (Å²) in [6, 6.07) is 0. The molecule has 4 heteroatoms. The molecule has 1 aromatic heterocycles. The van der Waals surface area contributed by atoms with Crippen molar-refractivity contribution in [2.75, 3.05) is 25.0 Å². The average molecular weight is 267 g/mol. The molecule has 0 amide bonds. The van der Waals surface area contributed by atoms with Crippen LogP contribution in [0.25, 0.3) is 0 Å². The summed E-state index contributed by atoms with van der Waals surface area (Å²) in [5, 5.41) is 4.44. The molecule has 1 aliphatic carbocycles. The van der Waals surface area contributed by atoms with Crippen LogP contribution in [0.1, 0.15) is 44.4 Å². The molecule has 1 saturated carbocycles. The molecule has 0 saturated heterocycles. The standard InChI is InChI=1S/C14H25N3S/c1-3-7-15-14-16-9-13(18-14)11-17(8-4-2)10-12-5-6-12/h9,12H,3-8,10-11H2,1-2H3,(H,15,16). The smallest absolute Gasteiger partial charge is 0.182 e. The minimum Gasteiger partial charge on any atom is -0.362 e. The highest BCUT2D eigenvalue weighted by atomic mass is 32.1. The predicted molar refractivity (Wildman–Crippen MR) is 79.2 cm³/mol. The summed E-state index contributed by atoms with van der Waals surface area (Å²) >= 11 is 1.81. The van der Waals surface area contributed by atoms with Crippen molar-refractivity contribution in [1.82, 2.24) is 9.88 Å². The third-order valence-electron chi connectivity index (χ3n) is 3.21. The van der Waals surface area contributed by atoms with Crippen molar-refractivity contribution in [3.63, 3.8) is 0 Å². The number of hydrogen-bond donors (Lipinski definition) is 1. The van der Waals surface area contributed by atoms with Gasteiger partial charge in [-0.25, -0.2) is 4.98 Å². The van der Waals surface area contributed by atoms with Gasteiger partial charge >= 0.3 is 0 Å². The largest absolute Gasteiger partial charge is 0.362 e. The van der Waals surface area contributed by atoms with Gasteiger partial charge in [0.05, 0.1) is 0 Å². The van der Waals surface area contributed by atoms with Crippen LogP contribution in [0, 0.1) is 5.92 Å². The number of aromatic nitrogens is 1.